The van der Waals surface area contributed by atoms with Gasteiger partial charge in [-0.1, -0.05) is 12.2 Å². The molecular formula is C14H18F2N2O4S2. The molecule has 6 nitrogen and oxygen atoms in total. The molecule has 0 atom stereocenters. The number of sulfone groups is 1. The molecule has 1 aliphatic rings. The van der Waals surface area contributed by atoms with E-state index in [1.165, 1.54) is 0 Å². The molecule has 0 aliphatic carbocycles. The Bertz CT molecular complexity index is 783. The molecule has 1 aromatic carbocycles. The molecule has 1 heterocycles. The molecule has 2 rings (SSSR count). The van der Waals surface area contributed by atoms with Crippen molar-refractivity contribution in [3.05, 3.63) is 36.4 Å². The van der Waals surface area contributed by atoms with Crippen molar-refractivity contribution in [2.24, 2.45) is 0 Å². The third-order valence-corrected chi connectivity index (χ3v) is 6.41. The van der Waals surface area contributed by atoms with Gasteiger partial charge in [0.05, 0.1) is 9.79 Å². The lowest BCUT2D eigenvalue weighted by Crippen LogP contribution is -2.29. The fraction of sp³-hybridized carbons (Fsp3) is 0.429. The lowest BCUT2D eigenvalue weighted by atomic mass is 10.4. The van der Waals surface area contributed by atoms with Crippen LogP contribution >= 0.6 is 0 Å². The number of hydrogen-bond acceptors (Lipinski definition) is 5. The van der Waals surface area contributed by atoms with Crippen molar-refractivity contribution in [1.29, 1.82) is 0 Å². The maximum absolute atomic E-state index is 12.4. The average Bonchev–Trinajstić information content (AvgIpc) is 3.05. The first-order valence-electron chi connectivity index (χ1n) is 7.22. The number of nitrogens with one attached hydrogen (secondary N) is 1. The predicted molar refractivity (Wildman–Crippen MR) is 85.0 cm³/mol. The first-order chi connectivity index (χ1) is 11.2. The van der Waals surface area contributed by atoms with Crippen LogP contribution in [0, 0.1) is 0 Å². The van der Waals surface area contributed by atoms with E-state index in [0.29, 0.717) is 6.42 Å². The second kappa shape index (κ2) is 7.68. The fourth-order valence-corrected chi connectivity index (χ4v) is 4.00. The quantitative estimate of drug-likeness (QED) is 0.542. The molecule has 0 amide bonds. The van der Waals surface area contributed by atoms with Crippen LogP contribution in [0.4, 0.5) is 8.78 Å². The zero-order valence-corrected chi connectivity index (χ0v) is 14.4. The predicted octanol–water partition coefficient (Wildman–Crippen LogP) is 1.22. The van der Waals surface area contributed by atoms with Gasteiger partial charge < -0.3 is 0 Å². The number of rotatable bonds is 8. The minimum atomic E-state index is -4.73. The van der Waals surface area contributed by atoms with E-state index in [1.807, 2.05) is 12.2 Å². The highest BCUT2D eigenvalue weighted by Gasteiger charge is 2.27. The summed E-state index contributed by atoms with van der Waals surface area (Å²) in [5, 5.41) is 0. The van der Waals surface area contributed by atoms with Crippen LogP contribution < -0.4 is 4.72 Å². The van der Waals surface area contributed by atoms with Crippen molar-refractivity contribution in [3.8, 4) is 0 Å². The van der Waals surface area contributed by atoms with Crippen molar-refractivity contribution in [1.82, 2.24) is 9.62 Å². The maximum Gasteiger partial charge on any atom is 0.341 e. The van der Waals surface area contributed by atoms with Gasteiger partial charge in [-0.2, -0.15) is 8.78 Å². The SMILES string of the molecule is O=S(=O)(NCCCN1CC=CC1)c1ccc(S(=O)(=O)C(F)F)cc1. The molecule has 1 aliphatic heterocycles. The van der Waals surface area contributed by atoms with Crippen LogP contribution in [-0.2, 0) is 19.9 Å². The van der Waals surface area contributed by atoms with E-state index >= 15 is 0 Å². The van der Waals surface area contributed by atoms with Crippen molar-refractivity contribution in [2.75, 3.05) is 26.2 Å². The first-order valence-corrected chi connectivity index (χ1v) is 10.3. The van der Waals surface area contributed by atoms with Gasteiger partial charge in [0.25, 0.3) is 0 Å². The second-order valence-corrected chi connectivity index (χ2v) is 8.94. The number of halogens is 2. The molecule has 0 aromatic heterocycles. The van der Waals surface area contributed by atoms with E-state index in [4.69, 9.17) is 0 Å². The van der Waals surface area contributed by atoms with Gasteiger partial charge >= 0.3 is 5.76 Å². The Balaban J connectivity index is 1.94. The van der Waals surface area contributed by atoms with Gasteiger partial charge in [0.2, 0.25) is 19.9 Å². The number of sulfonamides is 1. The zero-order valence-electron chi connectivity index (χ0n) is 12.7. The van der Waals surface area contributed by atoms with Gasteiger partial charge in [-0.25, -0.2) is 21.6 Å². The van der Waals surface area contributed by atoms with Crippen LogP contribution in [0.2, 0.25) is 0 Å². The molecule has 1 N–H and O–H groups in total. The molecular weight excluding hydrogens is 362 g/mol. The number of benzene rings is 1. The third-order valence-electron chi connectivity index (χ3n) is 3.53. The van der Waals surface area contributed by atoms with Crippen molar-refractivity contribution < 1.29 is 25.6 Å². The molecule has 24 heavy (non-hydrogen) atoms. The van der Waals surface area contributed by atoms with Gasteiger partial charge in [0.15, 0.2) is 0 Å². The molecule has 0 spiro atoms. The van der Waals surface area contributed by atoms with Gasteiger partial charge in [0.1, 0.15) is 0 Å². The van der Waals surface area contributed by atoms with Crippen LogP contribution in [0.5, 0.6) is 0 Å². The topological polar surface area (TPSA) is 83.6 Å². The molecule has 0 saturated heterocycles. The van der Waals surface area contributed by atoms with E-state index in [2.05, 4.69) is 9.62 Å². The van der Waals surface area contributed by atoms with Crippen LogP contribution in [0.1, 0.15) is 6.42 Å². The van der Waals surface area contributed by atoms with E-state index in [0.717, 1.165) is 43.9 Å². The molecule has 1 aromatic rings. The highest BCUT2D eigenvalue weighted by atomic mass is 32.2. The largest absolute Gasteiger partial charge is 0.341 e. The molecule has 0 fully saturated rings. The highest BCUT2D eigenvalue weighted by molar-refractivity contribution is 7.91. The Hall–Kier alpha value is -1.36. The van der Waals surface area contributed by atoms with Gasteiger partial charge in [-0.05, 0) is 30.7 Å². The van der Waals surface area contributed by atoms with Crippen molar-refractivity contribution in [2.45, 2.75) is 22.0 Å². The van der Waals surface area contributed by atoms with Gasteiger partial charge in [-0.3, -0.25) is 4.90 Å². The summed E-state index contributed by atoms with van der Waals surface area (Å²) in [7, 11) is -8.53. The van der Waals surface area contributed by atoms with Gasteiger partial charge in [0, 0.05) is 26.2 Å². The minimum Gasteiger partial charge on any atom is -0.296 e. The van der Waals surface area contributed by atoms with Crippen molar-refractivity contribution >= 4 is 19.9 Å². The van der Waals surface area contributed by atoms with Crippen LogP contribution in [-0.4, -0.2) is 53.7 Å². The highest BCUT2D eigenvalue weighted by Crippen LogP contribution is 2.20. The van der Waals surface area contributed by atoms with E-state index in [9.17, 15) is 25.6 Å². The summed E-state index contributed by atoms with van der Waals surface area (Å²) in [5.41, 5.74) is 0. The second-order valence-electron chi connectivity index (χ2n) is 5.26. The Morgan fingerprint density at radius 1 is 1.00 bits per heavy atom. The molecule has 0 saturated carbocycles. The Morgan fingerprint density at radius 2 is 1.54 bits per heavy atom. The summed E-state index contributed by atoms with van der Waals surface area (Å²) >= 11 is 0. The minimum absolute atomic E-state index is 0.168. The monoisotopic (exact) mass is 380 g/mol. The Kier molecular flexibility index (Phi) is 6.07. The smallest absolute Gasteiger partial charge is 0.296 e. The first kappa shape index (κ1) is 19.0. The summed E-state index contributed by atoms with van der Waals surface area (Å²) in [5.74, 6) is -3.54. The summed E-state index contributed by atoms with van der Waals surface area (Å²) in [6.07, 6.45) is 4.71. The van der Waals surface area contributed by atoms with Crippen LogP contribution in [0.15, 0.2) is 46.2 Å². The lowest BCUT2D eigenvalue weighted by molar-refractivity contribution is 0.234. The van der Waals surface area contributed by atoms with E-state index in [1.54, 1.807) is 0 Å². The Morgan fingerprint density at radius 3 is 2.08 bits per heavy atom. The van der Waals surface area contributed by atoms with Crippen molar-refractivity contribution in [3.63, 3.8) is 0 Å². The van der Waals surface area contributed by atoms with E-state index in [-0.39, 0.29) is 11.4 Å². The fourth-order valence-electron chi connectivity index (χ4n) is 2.21. The normalized spacial score (nSPS) is 16.1. The van der Waals surface area contributed by atoms with Crippen LogP contribution in [0.25, 0.3) is 0 Å². The average molecular weight is 380 g/mol. The molecule has 0 unspecified atom stereocenters. The summed E-state index contributed by atoms with van der Waals surface area (Å²) in [6, 6.07) is 3.74. The lowest BCUT2D eigenvalue weighted by Gasteiger charge is -2.14. The number of alkyl halides is 2. The van der Waals surface area contributed by atoms with Gasteiger partial charge in [-0.15, -0.1) is 0 Å². The number of hydrogen-bond donors (Lipinski definition) is 1. The van der Waals surface area contributed by atoms with E-state index < -0.39 is 30.5 Å². The maximum atomic E-state index is 12.4. The molecule has 10 heteroatoms. The Labute approximate surface area is 140 Å². The molecule has 134 valence electrons. The summed E-state index contributed by atoms with van der Waals surface area (Å²) in [6.45, 7) is 2.69. The summed E-state index contributed by atoms with van der Waals surface area (Å²) in [4.78, 5) is 1.37. The third kappa shape index (κ3) is 4.59. The number of nitrogens with zero attached hydrogens (tertiary/aromatic N) is 1. The molecule has 0 bridgehead atoms. The standard InChI is InChI=1S/C14H18F2N2O4S2/c15-14(16)23(19,20)12-4-6-13(7-5-12)24(21,22)17-8-3-11-18-9-1-2-10-18/h1-2,4-7,14,17H,3,8-11H2. The zero-order chi connectivity index (χ0) is 17.8. The van der Waals surface area contributed by atoms with Crippen LogP contribution in [0.3, 0.4) is 0 Å². The summed E-state index contributed by atoms with van der Waals surface area (Å²) < 4.78 is 74.1. The molecule has 0 radical (unpaired) electrons.